The van der Waals surface area contributed by atoms with E-state index in [4.69, 9.17) is 9.47 Å². The fourth-order valence-electron chi connectivity index (χ4n) is 2.75. The van der Waals surface area contributed by atoms with E-state index in [2.05, 4.69) is 4.98 Å². The van der Waals surface area contributed by atoms with Crippen molar-refractivity contribution >= 4 is 5.91 Å². The van der Waals surface area contributed by atoms with E-state index in [1.54, 1.807) is 4.90 Å². The molecule has 5 heteroatoms. The van der Waals surface area contributed by atoms with Gasteiger partial charge in [-0.05, 0) is 31.5 Å². The van der Waals surface area contributed by atoms with Gasteiger partial charge in [0.1, 0.15) is 11.9 Å². The van der Waals surface area contributed by atoms with Crippen LogP contribution in [-0.4, -0.2) is 41.6 Å². The van der Waals surface area contributed by atoms with Crippen LogP contribution in [0, 0.1) is 13.8 Å². The van der Waals surface area contributed by atoms with Crippen LogP contribution in [0.25, 0.3) is 0 Å². The third-order valence-corrected chi connectivity index (χ3v) is 4.09. The molecule has 1 aliphatic rings. The molecule has 0 N–H and O–H groups in total. The van der Waals surface area contributed by atoms with Crippen molar-refractivity contribution in [2.45, 2.75) is 26.4 Å². The Bertz CT molecular complexity index is 717. The third-order valence-electron chi connectivity index (χ3n) is 4.09. The highest BCUT2D eigenvalue weighted by Gasteiger charge is 2.28. The fraction of sp³-hybridized carbons (Fsp3) is 0.368. The number of hydrogen-bond donors (Lipinski definition) is 0. The predicted octanol–water partition coefficient (Wildman–Crippen LogP) is 2.76. The molecule has 1 amide bonds. The average molecular weight is 326 g/mol. The number of aromatic nitrogens is 1. The lowest BCUT2D eigenvalue weighted by atomic mass is 10.2. The molecule has 1 saturated heterocycles. The third kappa shape index (κ3) is 4.04. The maximum Gasteiger partial charge on any atom is 0.260 e. The van der Waals surface area contributed by atoms with Gasteiger partial charge in [0.15, 0.2) is 6.61 Å². The van der Waals surface area contributed by atoms with Crippen molar-refractivity contribution in [2.75, 3.05) is 19.7 Å². The van der Waals surface area contributed by atoms with Crippen molar-refractivity contribution in [3.05, 3.63) is 53.7 Å². The SMILES string of the molecule is Cc1cccc(OC2CCN(C(=O)COc3ccccc3C)C2)n1. The minimum Gasteiger partial charge on any atom is -0.484 e. The Hall–Kier alpha value is -2.56. The van der Waals surface area contributed by atoms with Gasteiger partial charge in [0.05, 0.1) is 6.54 Å². The van der Waals surface area contributed by atoms with Crippen LogP contribution in [0.4, 0.5) is 0 Å². The summed E-state index contributed by atoms with van der Waals surface area (Å²) in [5.41, 5.74) is 1.95. The molecular formula is C19H22N2O3. The average Bonchev–Trinajstić information content (AvgIpc) is 3.02. The van der Waals surface area contributed by atoms with Gasteiger partial charge in [-0.2, -0.15) is 0 Å². The highest BCUT2D eigenvalue weighted by molar-refractivity contribution is 5.78. The molecule has 126 valence electrons. The lowest BCUT2D eigenvalue weighted by Gasteiger charge is -2.17. The number of benzene rings is 1. The van der Waals surface area contributed by atoms with E-state index in [0.717, 1.165) is 23.4 Å². The first-order valence-electron chi connectivity index (χ1n) is 8.18. The standard InChI is InChI=1S/C19H22N2O3/c1-14-6-3-4-8-17(14)23-13-19(22)21-11-10-16(12-21)24-18-9-5-7-15(2)20-18/h3-9,16H,10-13H2,1-2H3. The Kier molecular flexibility index (Phi) is 4.99. The Morgan fingerprint density at radius 2 is 2.04 bits per heavy atom. The van der Waals surface area contributed by atoms with Crippen LogP contribution < -0.4 is 9.47 Å². The molecule has 1 aromatic carbocycles. The van der Waals surface area contributed by atoms with E-state index in [-0.39, 0.29) is 18.6 Å². The van der Waals surface area contributed by atoms with Crippen molar-refractivity contribution in [1.29, 1.82) is 0 Å². The first-order valence-corrected chi connectivity index (χ1v) is 8.18. The highest BCUT2D eigenvalue weighted by Crippen LogP contribution is 2.19. The number of para-hydroxylation sites is 1. The maximum absolute atomic E-state index is 12.3. The molecule has 2 aromatic rings. The van der Waals surface area contributed by atoms with Gasteiger partial charge >= 0.3 is 0 Å². The van der Waals surface area contributed by atoms with Gasteiger partial charge in [-0.1, -0.05) is 24.3 Å². The van der Waals surface area contributed by atoms with Gasteiger partial charge in [0.2, 0.25) is 5.88 Å². The van der Waals surface area contributed by atoms with Crippen LogP contribution >= 0.6 is 0 Å². The first kappa shape index (κ1) is 16.3. The van der Waals surface area contributed by atoms with Gasteiger partial charge in [-0.3, -0.25) is 4.79 Å². The van der Waals surface area contributed by atoms with Gasteiger partial charge in [-0.15, -0.1) is 0 Å². The van der Waals surface area contributed by atoms with E-state index >= 15 is 0 Å². The van der Waals surface area contributed by atoms with Crippen molar-refractivity contribution < 1.29 is 14.3 Å². The molecule has 0 spiro atoms. The molecule has 1 fully saturated rings. The van der Waals surface area contributed by atoms with Crippen LogP contribution in [-0.2, 0) is 4.79 Å². The number of amides is 1. The molecule has 0 radical (unpaired) electrons. The fourth-order valence-corrected chi connectivity index (χ4v) is 2.75. The van der Waals surface area contributed by atoms with Crippen molar-refractivity contribution in [3.63, 3.8) is 0 Å². The number of ether oxygens (including phenoxy) is 2. The Balaban J connectivity index is 1.50. The normalized spacial score (nSPS) is 16.9. The smallest absolute Gasteiger partial charge is 0.260 e. The van der Waals surface area contributed by atoms with Crippen LogP contribution in [0.3, 0.4) is 0 Å². The van der Waals surface area contributed by atoms with Crippen LogP contribution in [0.5, 0.6) is 11.6 Å². The Morgan fingerprint density at radius 1 is 1.21 bits per heavy atom. The first-order chi connectivity index (χ1) is 11.6. The highest BCUT2D eigenvalue weighted by atomic mass is 16.5. The Labute approximate surface area is 142 Å². The second-order valence-corrected chi connectivity index (χ2v) is 6.04. The molecular weight excluding hydrogens is 304 g/mol. The summed E-state index contributed by atoms with van der Waals surface area (Å²) in [4.78, 5) is 18.4. The molecule has 5 nitrogen and oxygen atoms in total. The zero-order valence-corrected chi connectivity index (χ0v) is 14.1. The molecule has 1 atom stereocenters. The van der Waals surface area contributed by atoms with Crippen LogP contribution in [0.1, 0.15) is 17.7 Å². The second-order valence-electron chi connectivity index (χ2n) is 6.04. The van der Waals surface area contributed by atoms with E-state index in [0.29, 0.717) is 19.0 Å². The minimum atomic E-state index is -0.0124. The van der Waals surface area contributed by atoms with Gasteiger partial charge in [0, 0.05) is 24.7 Å². The number of rotatable bonds is 5. The van der Waals surface area contributed by atoms with E-state index in [1.807, 2.05) is 56.3 Å². The number of pyridine rings is 1. The predicted molar refractivity (Wildman–Crippen MR) is 91.3 cm³/mol. The summed E-state index contributed by atoms with van der Waals surface area (Å²) >= 11 is 0. The van der Waals surface area contributed by atoms with Crippen LogP contribution in [0.2, 0.25) is 0 Å². The summed E-state index contributed by atoms with van der Waals surface area (Å²) in [6.07, 6.45) is 0.799. The number of likely N-dealkylation sites (tertiary alicyclic amines) is 1. The number of aryl methyl sites for hydroxylation is 2. The lowest BCUT2D eigenvalue weighted by molar-refractivity contribution is -0.132. The molecule has 0 saturated carbocycles. The lowest BCUT2D eigenvalue weighted by Crippen LogP contribution is -2.34. The van der Waals surface area contributed by atoms with Crippen molar-refractivity contribution in [1.82, 2.24) is 9.88 Å². The van der Waals surface area contributed by atoms with Crippen LogP contribution in [0.15, 0.2) is 42.5 Å². The topological polar surface area (TPSA) is 51.7 Å². The molecule has 1 aromatic heterocycles. The Morgan fingerprint density at radius 3 is 2.83 bits per heavy atom. The quantitative estimate of drug-likeness (QED) is 0.848. The summed E-state index contributed by atoms with van der Waals surface area (Å²) in [7, 11) is 0. The molecule has 0 bridgehead atoms. The second kappa shape index (κ2) is 7.34. The van der Waals surface area contributed by atoms with Gasteiger partial charge in [-0.25, -0.2) is 4.98 Å². The summed E-state index contributed by atoms with van der Waals surface area (Å²) < 4.78 is 11.5. The van der Waals surface area contributed by atoms with Crippen molar-refractivity contribution in [3.8, 4) is 11.6 Å². The minimum absolute atomic E-state index is 0.0123. The molecule has 1 unspecified atom stereocenters. The monoisotopic (exact) mass is 326 g/mol. The number of carbonyl (C=O) groups excluding carboxylic acids is 1. The van der Waals surface area contributed by atoms with E-state index in [1.165, 1.54) is 0 Å². The molecule has 2 heterocycles. The van der Waals surface area contributed by atoms with Crippen molar-refractivity contribution in [2.24, 2.45) is 0 Å². The zero-order chi connectivity index (χ0) is 16.9. The summed E-state index contributed by atoms with van der Waals surface area (Å²) in [5, 5.41) is 0. The van der Waals surface area contributed by atoms with Gasteiger partial charge < -0.3 is 14.4 Å². The number of nitrogens with zero attached hydrogens (tertiary/aromatic N) is 2. The largest absolute Gasteiger partial charge is 0.484 e. The number of hydrogen-bond acceptors (Lipinski definition) is 4. The maximum atomic E-state index is 12.3. The summed E-state index contributed by atoms with van der Waals surface area (Å²) in [5.74, 6) is 1.36. The summed E-state index contributed by atoms with van der Waals surface area (Å²) in [6, 6.07) is 13.4. The van der Waals surface area contributed by atoms with E-state index < -0.39 is 0 Å². The molecule has 0 aliphatic carbocycles. The molecule has 24 heavy (non-hydrogen) atoms. The zero-order valence-electron chi connectivity index (χ0n) is 14.1. The van der Waals surface area contributed by atoms with E-state index in [9.17, 15) is 4.79 Å². The molecule has 3 rings (SSSR count). The van der Waals surface area contributed by atoms with Gasteiger partial charge in [0.25, 0.3) is 5.91 Å². The summed E-state index contributed by atoms with van der Waals surface area (Å²) in [6.45, 7) is 5.22. The number of carbonyl (C=O) groups is 1. The molecule has 1 aliphatic heterocycles.